The Labute approximate surface area is 111 Å². The normalized spacial score (nSPS) is 8.26. The van der Waals surface area contributed by atoms with Crippen molar-refractivity contribution in [3.05, 3.63) is 60.2 Å². The summed E-state index contributed by atoms with van der Waals surface area (Å²) in [5.74, 6) is 0. The van der Waals surface area contributed by atoms with Crippen LogP contribution in [-0.2, 0) is 9.59 Å². The lowest BCUT2D eigenvalue weighted by Crippen LogP contribution is -1.66. The number of hydrogen-bond acceptors (Lipinski definition) is 4. The summed E-state index contributed by atoms with van der Waals surface area (Å²) in [4.78, 5) is 26.5. The van der Waals surface area contributed by atoms with E-state index in [0.29, 0.717) is 11.4 Å². The Hall–Kier alpha value is -2.80. The molecule has 0 aliphatic carbocycles. The molecule has 0 saturated heterocycles. The summed E-state index contributed by atoms with van der Waals surface area (Å²) in [6.07, 6.45) is 2.74. The molecule has 0 fully saturated rings. The van der Waals surface area contributed by atoms with E-state index in [1.807, 2.05) is 18.2 Å². The van der Waals surface area contributed by atoms with Gasteiger partial charge in [-0.1, -0.05) is 48.0 Å². The molecule has 2 rings (SSSR count). The Morgan fingerprint density at radius 3 is 1.47 bits per heavy atom. The lowest BCUT2D eigenvalue weighted by molar-refractivity contribution is 0.564. The number of para-hydroxylation sites is 2. The Kier molecular flexibility index (Phi) is 6.24. The molecule has 94 valence electrons. The van der Waals surface area contributed by atoms with E-state index in [2.05, 4.69) is 29.0 Å². The minimum atomic E-state index is 0.316. The van der Waals surface area contributed by atoms with Crippen molar-refractivity contribution in [2.45, 2.75) is 6.92 Å². The average Bonchev–Trinajstić information content (AvgIpc) is 2.43. The molecule has 0 aliphatic rings. The molecule has 4 nitrogen and oxygen atoms in total. The van der Waals surface area contributed by atoms with E-state index in [-0.39, 0.29) is 0 Å². The standard InChI is InChI=1S/C8H4N2O2.C7H8/c11-5-9-7-3-1-2-4-8(7)10-6-12;1-7-5-3-2-4-6-7/h1-4H;2-6H,1H3. The Morgan fingerprint density at radius 1 is 0.737 bits per heavy atom. The van der Waals surface area contributed by atoms with Crippen molar-refractivity contribution in [1.82, 2.24) is 0 Å². The van der Waals surface area contributed by atoms with E-state index in [1.165, 1.54) is 17.7 Å². The SMILES string of the molecule is Cc1ccccc1.O=C=Nc1ccccc1N=C=O. The molecule has 0 spiro atoms. The highest BCUT2D eigenvalue weighted by atomic mass is 16.1. The van der Waals surface area contributed by atoms with Crippen molar-refractivity contribution in [2.24, 2.45) is 9.98 Å². The maximum absolute atomic E-state index is 9.90. The first-order valence-corrected chi connectivity index (χ1v) is 5.54. The van der Waals surface area contributed by atoms with E-state index >= 15 is 0 Å². The van der Waals surface area contributed by atoms with Gasteiger partial charge in [0.2, 0.25) is 12.2 Å². The van der Waals surface area contributed by atoms with Gasteiger partial charge in [0, 0.05) is 0 Å². The summed E-state index contributed by atoms with van der Waals surface area (Å²) >= 11 is 0. The van der Waals surface area contributed by atoms with Crippen LogP contribution in [0.1, 0.15) is 5.56 Å². The van der Waals surface area contributed by atoms with Gasteiger partial charge in [-0.05, 0) is 19.1 Å². The molecule has 4 heteroatoms. The molecule has 0 aliphatic heterocycles. The maximum Gasteiger partial charge on any atom is 0.240 e. The summed E-state index contributed by atoms with van der Waals surface area (Å²) in [5, 5.41) is 0. The van der Waals surface area contributed by atoms with Gasteiger partial charge in [0.15, 0.2) is 0 Å². The molecule has 2 aromatic carbocycles. The first-order valence-electron chi connectivity index (χ1n) is 5.54. The number of nitrogens with zero attached hydrogens (tertiary/aromatic N) is 2. The molecular formula is C15H12N2O2. The van der Waals surface area contributed by atoms with Crippen LogP contribution in [0, 0.1) is 6.92 Å². The van der Waals surface area contributed by atoms with Crippen molar-refractivity contribution >= 4 is 23.5 Å². The molecule has 0 N–H and O–H groups in total. The number of aliphatic imine (C=N–C) groups is 2. The largest absolute Gasteiger partial charge is 0.240 e. The minimum Gasteiger partial charge on any atom is -0.211 e. The monoisotopic (exact) mass is 252 g/mol. The predicted octanol–water partition coefficient (Wildman–Crippen LogP) is 3.62. The second kappa shape index (κ2) is 8.31. The molecule has 0 radical (unpaired) electrons. The second-order valence-corrected chi connectivity index (χ2v) is 3.55. The highest BCUT2D eigenvalue weighted by Crippen LogP contribution is 2.25. The number of rotatable bonds is 2. The van der Waals surface area contributed by atoms with E-state index in [0.717, 1.165) is 0 Å². The van der Waals surface area contributed by atoms with Gasteiger partial charge in [0.1, 0.15) is 11.4 Å². The van der Waals surface area contributed by atoms with Gasteiger partial charge >= 0.3 is 0 Å². The van der Waals surface area contributed by atoms with Gasteiger partial charge in [0.05, 0.1) is 0 Å². The Bertz CT molecular complexity index is 574. The third kappa shape index (κ3) is 5.37. The smallest absolute Gasteiger partial charge is 0.211 e. The Balaban J connectivity index is 0.000000218. The van der Waals surface area contributed by atoms with Gasteiger partial charge in [0.25, 0.3) is 0 Å². The minimum absolute atomic E-state index is 0.316. The van der Waals surface area contributed by atoms with Gasteiger partial charge in [-0.15, -0.1) is 0 Å². The van der Waals surface area contributed by atoms with Crippen molar-refractivity contribution in [1.29, 1.82) is 0 Å². The second-order valence-electron chi connectivity index (χ2n) is 3.55. The molecule has 0 aromatic heterocycles. The molecular weight excluding hydrogens is 240 g/mol. The van der Waals surface area contributed by atoms with Crippen LogP contribution in [0.5, 0.6) is 0 Å². The first kappa shape index (κ1) is 14.3. The van der Waals surface area contributed by atoms with Gasteiger partial charge in [-0.25, -0.2) is 9.59 Å². The van der Waals surface area contributed by atoms with Crippen molar-refractivity contribution in [3.8, 4) is 0 Å². The predicted molar refractivity (Wildman–Crippen MR) is 73.2 cm³/mol. The number of hydrogen-bond donors (Lipinski definition) is 0. The highest BCUT2D eigenvalue weighted by Gasteiger charge is 1.96. The van der Waals surface area contributed by atoms with Crippen LogP contribution in [0.2, 0.25) is 0 Å². The topological polar surface area (TPSA) is 58.9 Å². The molecule has 0 bridgehead atoms. The fraction of sp³-hybridized carbons (Fsp3) is 0.0667. The third-order valence-corrected chi connectivity index (χ3v) is 2.15. The van der Waals surface area contributed by atoms with Crippen LogP contribution >= 0.6 is 0 Å². The van der Waals surface area contributed by atoms with E-state index < -0.39 is 0 Å². The van der Waals surface area contributed by atoms with Crippen LogP contribution in [-0.4, -0.2) is 12.2 Å². The van der Waals surface area contributed by atoms with E-state index in [1.54, 1.807) is 24.3 Å². The molecule has 0 atom stereocenters. The Morgan fingerprint density at radius 2 is 1.16 bits per heavy atom. The first-order chi connectivity index (χ1) is 9.27. The number of aryl methyl sites for hydroxylation is 1. The molecule has 0 saturated carbocycles. The fourth-order valence-corrected chi connectivity index (χ4v) is 1.29. The van der Waals surface area contributed by atoms with Gasteiger partial charge < -0.3 is 0 Å². The lowest BCUT2D eigenvalue weighted by atomic mass is 10.2. The summed E-state index contributed by atoms with van der Waals surface area (Å²) in [6.45, 7) is 2.08. The van der Waals surface area contributed by atoms with Crippen LogP contribution in [0.15, 0.2) is 64.6 Å². The van der Waals surface area contributed by atoms with Crippen LogP contribution in [0.25, 0.3) is 0 Å². The van der Waals surface area contributed by atoms with E-state index in [4.69, 9.17) is 0 Å². The summed E-state index contributed by atoms with van der Waals surface area (Å²) < 4.78 is 0. The number of isocyanates is 2. The van der Waals surface area contributed by atoms with Crippen molar-refractivity contribution in [3.63, 3.8) is 0 Å². The van der Waals surface area contributed by atoms with E-state index in [9.17, 15) is 9.59 Å². The maximum atomic E-state index is 9.90. The van der Waals surface area contributed by atoms with Gasteiger partial charge in [-0.3, -0.25) is 0 Å². The molecule has 2 aromatic rings. The summed E-state index contributed by atoms with van der Waals surface area (Å²) in [7, 11) is 0. The molecule has 0 amide bonds. The van der Waals surface area contributed by atoms with Gasteiger partial charge in [-0.2, -0.15) is 9.98 Å². The van der Waals surface area contributed by atoms with Crippen molar-refractivity contribution < 1.29 is 9.59 Å². The molecule has 19 heavy (non-hydrogen) atoms. The number of carbonyl (C=O) groups excluding carboxylic acids is 2. The van der Waals surface area contributed by atoms with Crippen molar-refractivity contribution in [2.75, 3.05) is 0 Å². The zero-order valence-corrected chi connectivity index (χ0v) is 10.4. The third-order valence-electron chi connectivity index (χ3n) is 2.15. The van der Waals surface area contributed by atoms with Crippen LogP contribution in [0.3, 0.4) is 0 Å². The van der Waals surface area contributed by atoms with Crippen LogP contribution in [0.4, 0.5) is 11.4 Å². The summed E-state index contributed by atoms with van der Waals surface area (Å²) in [5.41, 5.74) is 1.95. The zero-order chi connectivity index (χ0) is 13.9. The fourth-order valence-electron chi connectivity index (χ4n) is 1.29. The summed E-state index contributed by atoms with van der Waals surface area (Å²) in [6, 6.07) is 16.7. The molecule has 0 unspecified atom stereocenters. The van der Waals surface area contributed by atoms with Crippen LogP contribution < -0.4 is 0 Å². The average molecular weight is 252 g/mol. The highest BCUT2D eigenvalue weighted by molar-refractivity contribution is 5.67. The zero-order valence-electron chi connectivity index (χ0n) is 10.4. The number of benzene rings is 2. The molecule has 0 heterocycles. The lowest BCUT2D eigenvalue weighted by Gasteiger charge is -1.92. The quantitative estimate of drug-likeness (QED) is 0.605.